The summed E-state index contributed by atoms with van der Waals surface area (Å²) in [6, 6.07) is 10.4. The van der Waals surface area contributed by atoms with Crippen molar-refractivity contribution >= 4 is 0 Å². The van der Waals surface area contributed by atoms with Crippen molar-refractivity contribution < 1.29 is 9.59 Å². The predicted molar refractivity (Wildman–Crippen MR) is 66.3 cm³/mol. The van der Waals surface area contributed by atoms with Crippen molar-refractivity contribution in [2.24, 2.45) is 0 Å². The van der Waals surface area contributed by atoms with E-state index in [9.17, 15) is 5.11 Å². The van der Waals surface area contributed by atoms with Gasteiger partial charge in [0, 0.05) is 6.42 Å². The first-order valence-corrected chi connectivity index (χ1v) is 6.00. The van der Waals surface area contributed by atoms with Gasteiger partial charge in [-0.15, -0.1) is 0 Å². The molecule has 88 valence electrons. The van der Waals surface area contributed by atoms with Crippen LogP contribution in [0.5, 0.6) is 0 Å². The zero-order valence-electron chi connectivity index (χ0n) is 10.5. The van der Waals surface area contributed by atoms with Crippen LogP contribution in [0.25, 0.3) is 0 Å². The number of hydrogen-bond donors (Lipinski definition) is 1. The van der Waals surface area contributed by atoms with E-state index in [0.29, 0.717) is 0 Å². The first-order valence-electron chi connectivity index (χ1n) is 6.00. The number of benzene rings is 1. The van der Waals surface area contributed by atoms with E-state index in [-0.39, 0.29) is 5.92 Å². The molecule has 0 aliphatic carbocycles. The highest BCUT2D eigenvalue weighted by Crippen LogP contribution is 2.37. The fourth-order valence-electron chi connectivity index (χ4n) is 2.64. The Labute approximate surface area is 98.1 Å². The van der Waals surface area contributed by atoms with Crippen LogP contribution in [0.2, 0.25) is 0 Å². The molecule has 1 saturated heterocycles. The number of quaternary nitrogens is 1. The van der Waals surface area contributed by atoms with Crippen molar-refractivity contribution in [3.63, 3.8) is 0 Å². The normalized spacial score (nSPS) is 33.6. The van der Waals surface area contributed by atoms with Gasteiger partial charge >= 0.3 is 0 Å². The number of aliphatic hydroxyl groups is 1. The molecule has 1 aromatic carbocycles. The van der Waals surface area contributed by atoms with Crippen molar-refractivity contribution in [1.82, 2.24) is 0 Å². The molecule has 1 fully saturated rings. The van der Waals surface area contributed by atoms with Crippen molar-refractivity contribution in [2.45, 2.75) is 24.9 Å². The molecule has 0 bridgehead atoms. The summed E-state index contributed by atoms with van der Waals surface area (Å²) in [5, 5.41) is 10.5. The number of hydrogen-bond acceptors (Lipinski definition) is 1. The maximum Gasteiger partial charge on any atom is 0.0880 e. The summed E-state index contributed by atoms with van der Waals surface area (Å²) in [5.41, 5.74) is 0.702. The minimum Gasteiger partial charge on any atom is -0.389 e. The first kappa shape index (κ1) is 11.6. The lowest BCUT2D eigenvalue weighted by Crippen LogP contribution is -2.55. The maximum absolute atomic E-state index is 10.5. The fraction of sp³-hybridized carbons (Fsp3) is 0.571. The standard InChI is InChI=1S/C14H22NO/c1-14(16)9-10-15(2,3)11-13(14)12-7-5-4-6-8-12/h4-8,13,16H,9-11H2,1-3H3/q+1. The lowest BCUT2D eigenvalue weighted by atomic mass is 9.77. The summed E-state index contributed by atoms with van der Waals surface area (Å²) in [4.78, 5) is 0. The summed E-state index contributed by atoms with van der Waals surface area (Å²) < 4.78 is 0.996. The van der Waals surface area contributed by atoms with Gasteiger partial charge in [0.15, 0.2) is 0 Å². The molecule has 2 rings (SSSR count). The van der Waals surface area contributed by atoms with Crippen LogP contribution in [0.1, 0.15) is 24.8 Å². The van der Waals surface area contributed by atoms with Gasteiger partial charge in [0.1, 0.15) is 0 Å². The molecule has 0 amide bonds. The van der Waals surface area contributed by atoms with E-state index in [4.69, 9.17) is 0 Å². The number of rotatable bonds is 1. The third-order valence-corrected chi connectivity index (χ3v) is 3.85. The van der Waals surface area contributed by atoms with E-state index in [1.54, 1.807) is 0 Å². The lowest BCUT2D eigenvalue weighted by molar-refractivity contribution is -0.899. The van der Waals surface area contributed by atoms with Crippen molar-refractivity contribution in [2.75, 3.05) is 27.2 Å². The lowest BCUT2D eigenvalue weighted by Gasteiger charge is -2.45. The Hall–Kier alpha value is -0.860. The smallest absolute Gasteiger partial charge is 0.0880 e. The number of nitrogens with zero attached hydrogens (tertiary/aromatic N) is 1. The largest absolute Gasteiger partial charge is 0.389 e. The Morgan fingerprint density at radius 3 is 2.50 bits per heavy atom. The highest BCUT2D eigenvalue weighted by molar-refractivity contribution is 5.23. The highest BCUT2D eigenvalue weighted by atomic mass is 16.3. The van der Waals surface area contributed by atoms with Gasteiger partial charge in [-0.05, 0) is 12.5 Å². The second kappa shape index (κ2) is 3.86. The summed E-state index contributed by atoms with van der Waals surface area (Å²) in [6.07, 6.45) is 0.875. The minimum atomic E-state index is -0.560. The molecular formula is C14H22NO+. The molecule has 2 atom stereocenters. The quantitative estimate of drug-likeness (QED) is 0.718. The van der Waals surface area contributed by atoms with E-state index in [2.05, 4.69) is 38.4 Å². The molecule has 1 aliphatic heterocycles. The monoisotopic (exact) mass is 220 g/mol. The minimum absolute atomic E-state index is 0.248. The van der Waals surface area contributed by atoms with Crippen molar-refractivity contribution in [3.8, 4) is 0 Å². The Balaban J connectivity index is 2.30. The summed E-state index contributed by atoms with van der Waals surface area (Å²) in [7, 11) is 4.48. The average Bonchev–Trinajstić information content (AvgIpc) is 2.24. The van der Waals surface area contributed by atoms with Gasteiger partial charge in [0.05, 0.1) is 38.7 Å². The molecule has 0 aromatic heterocycles. The molecule has 1 N–H and O–H groups in total. The van der Waals surface area contributed by atoms with Gasteiger partial charge in [-0.1, -0.05) is 30.3 Å². The molecular weight excluding hydrogens is 198 g/mol. The Kier molecular flexibility index (Phi) is 2.81. The molecule has 2 heteroatoms. The van der Waals surface area contributed by atoms with E-state index in [1.165, 1.54) is 5.56 Å². The van der Waals surface area contributed by atoms with Crippen LogP contribution in [0.15, 0.2) is 30.3 Å². The number of piperidine rings is 1. The average molecular weight is 220 g/mol. The third-order valence-electron chi connectivity index (χ3n) is 3.85. The summed E-state index contributed by atoms with van der Waals surface area (Å²) in [6.45, 7) is 4.04. The molecule has 0 spiro atoms. The second-order valence-electron chi connectivity index (χ2n) is 5.91. The van der Waals surface area contributed by atoms with E-state index in [0.717, 1.165) is 24.0 Å². The van der Waals surface area contributed by atoms with Crippen LogP contribution >= 0.6 is 0 Å². The van der Waals surface area contributed by atoms with Crippen LogP contribution in [0.4, 0.5) is 0 Å². The van der Waals surface area contributed by atoms with Gasteiger partial charge in [-0.25, -0.2) is 0 Å². The molecule has 0 radical (unpaired) electrons. The van der Waals surface area contributed by atoms with E-state index >= 15 is 0 Å². The SMILES string of the molecule is CC1(O)CC[N+](C)(C)CC1c1ccccc1. The summed E-state index contributed by atoms with van der Waals surface area (Å²) in [5.74, 6) is 0.248. The van der Waals surface area contributed by atoms with Crippen LogP contribution < -0.4 is 0 Å². The van der Waals surface area contributed by atoms with Crippen molar-refractivity contribution in [3.05, 3.63) is 35.9 Å². The summed E-state index contributed by atoms with van der Waals surface area (Å²) >= 11 is 0. The van der Waals surface area contributed by atoms with Gasteiger partial charge in [0.2, 0.25) is 0 Å². The topological polar surface area (TPSA) is 20.2 Å². The van der Waals surface area contributed by atoms with E-state index < -0.39 is 5.60 Å². The van der Waals surface area contributed by atoms with Crippen molar-refractivity contribution in [1.29, 1.82) is 0 Å². The second-order valence-corrected chi connectivity index (χ2v) is 5.91. The zero-order valence-corrected chi connectivity index (χ0v) is 10.5. The molecule has 1 heterocycles. The van der Waals surface area contributed by atoms with Crippen LogP contribution in [0, 0.1) is 0 Å². The molecule has 1 aromatic rings. The maximum atomic E-state index is 10.5. The first-order chi connectivity index (χ1) is 7.41. The van der Waals surface area contributed by atoms with Gasteiger partial charge in [-0.2, -0.15) is 0 Å². The molecule has 2 nitrogen and oxygen atoms in total. The van der Waals surface area contributed by atoms with Gasteiger partial charge < -0.3 is 9.59 Å². The molecule has 1 aliphatic rings. The fourth-order valence-corrected chi connectivity index (χ4v) is 2.64. The third kappa shape index (κ3) is 2.28. The Morgan fingerprint density at radius 1 is 1.25 bits per heavy atom. The van der Waals surface area contributed by atoms with Gasteiger partial charge in [0.25, 0.3) is 0 Å². The van der Waals surface area contributed by atoms with Crippen LogP contribution in [-0.2, 0) is 0 Å². The molecule has 16 heavy (non-hydrogen) atoms. The van der Waals surface area contributed by atoms with Gasteiger partial charge in [-0.3, -0.25) is 0 Å². The predicted octanol–water partition coefficient (Wildman–Crippen LogP) is 2.00. The Bertz CT molecular complexity index is 356. The zero-order chi connectivity index (χ0) is 11.8. The molecule has 2 unspecified atom stereocenters. The van der Waals surface area contributed by atoms with E-state index in [1.807, 2.05) is 13.0 Å². The number of likely N-dealkylation sites (tertiary alicyclic amines) is 1. The molecule has 0 saturated carbocycles. The highest BCUT2D eigenvalue weighted by Gasteiger charge is 2.43. The van der Waals surface area contributed by atoms with Crippen LogP contribution in [0.3, 0.4) is 0 Å². The number of likely N-dealkylation sites (N-methyl/N-ethyl adjacent to an activating group) is 1. The Morgan fingerprint density at radius 2 is 1.88 bits per heavy atom. The van der Waals surface area contributed by atoms with Crippen LogP contribution in [-0.4, -0.2) is 42.4 Å².